The van der Waals surface area contributed by atoms with Crippen molar-refractivity contribution in [2.24, 2.45) is 5.16 Å². The lowest BCUT2D eigenvalue weighted by Crippen LogP contribution is -2.00. The van der Waals surface area contributed by atoms with Crippen molar-refractivity contribution in [1.82, 2.24) is 0 Å². The Morgan fingerprint density at radius 1 is 0.964 bits per heavy atom. The van der Waals surface area contributed by atoms with Gasteiger partial charge in [0, 0.05) is 5.02 Å². The van der Waals surface area contributed by atoms with Crippen LogP contribution in [0.15, 0.2) is 78.0 Å². The summed E-state index contributed by atoms with van der Waals surface area (Å²) in [6.07, 6.45) is 0.0155. The number of halogens is 1. The van der Waals surface area contributed by atoms with Crippen molar-refractivity contribution in [3.05, 3.63) is 94.5 Å². The smallest absolute Gasteiger partial charge is 0.307 e. The Labute approximate surface area is 169 Å². The first kappa shape index (κ1) is 19.6. The van der Waals surface area contributed by atoms with Gasteiger partial charge in [0.15, 0.2) is 0 Å². The molecule has 0 bridgehead atoms. The molecular formula is C23H20ClNO3. The Morgan fingerprint density at radius 3 is 2.39 bits per heavy atom. The van der Waals surface area contributed by atoms with Crippen molar-refractivity contribution >= 4 is 23.3 Å². The van der Waals surface area contributed by atoms with Gasteiger partial charge in [0.1, 0.15) is 6.61 Å². The number of rotatable bonds is 7. The molecule has 1 N–H and O–H groups in total. The fourth-order valence-corrected chi connectivity index (χ4v) is 3.04. The molecule has 0 saturated heterocycles. The molecule has 0 saturated carbocycles. The molecule has 0 aliphatic carbocycles. The average Bonchev–Trinajstić information content (AvgIpc) is 2.68. The number of hydrogen-bond acceptors (Lipinski definition) is 3. The largest absolute Gasteiger partial charge is 0.481 e. The SMILES string of the molecule is C/C(=N\OCc1cccc(Cl)c1)c1ccc(-c2cccc(CC(=O)O)c2)cc1. The van der Waals surface area contributed by atoms with Crippen LogP contribution in [0.1, 0.15) is 23.6 Å². The summed E-state index contributed by atoms with van der Waals surface area (Å²) in [6.45, 7) is 2.24. The molecule has 0 amide bonds. The summed E-state index contributed by atoms with van der Waals surface area (Å²) >= 11 is 5.96. The Morgan fingerprint density at radius 2 is 1.68 bits per heavy atom. The van der Waals surface area contributed by atoms with Gasteiger partial charge in [-0.25, -0.2) is 0 Å². The molecule has 0 heterocycles. The topological polar surface area (TPSA) is 58.9 Å². The molecule has 0 unspecified atom stereocenters. The summed E-state index contributed by atoms with van der Waals surface area (Å²) in [5, 5.41) is 13.8. The van der Waals surface area contributed by atoms with Gasteiger partial charge in [-0.15, -0.1) is 0 Å². The molecule has 0 fully saturated rings. The van der Waals surface area contributed by atoms with E-state index in [0.29, 0.717) is 11.6 Å². The maximum atomic E-state index is 10.9. The van der Waals surface area contributed by atoms with Crippen LogP contribution in [0.25, 0.3) is 11.1 Å². The van der Waals surface area contributed by atoms with Gasteiger partial charge in [-0.05, 0) is 46.9 Å². The van der Waals surface area contributed by atoms with Gasteiger partial charge in [-0.2, -0.15) is 0 Å². The molecule has 0 spiro atoms. The third-order valence-corrected chi connectivity index (χ3v) is 4.48. The summed E-state index contributed by atoms with van der Waals surface area (Å²) in [5.74, 6) is -0.836. The van der Waals surface area contributed by atoms with Crippen molar-refractivity contribution in [2.45, 2.75) is 20.0 Å². The molecule has 0 radical (unpaired) electrons. The van der Waals surface area contributed by atoms with E-state index in [-0.39, 0.29) is 6.42 Å². The van der Waals surface area contributed by atoms with E-state index in [1.54, 1.807) is 0 Å². The Hall–Kier alpha value is -3.11. The van der Waals surface area contributed by atoms with E-state index < -0.39 is 5.97 Å². The zero-order valence-electron chi connectivity index (χ0n) is 15.4. The van der Waals surface area contributed by atoms with E-state index in [1.165, 1.54) is 0 Å². The number of carbonyl (C=O) groups is 1. The molecule has 3 aromatic rings. The second kappa shape index (κ2) is 9.20. The van der Waals surface area contributed by atoms with E-state index in [9.17, 15) is 4.79 Å². The molecule has 0 aliphatic rings. The molecule has 142 valence electrons. The van der Waals surface area contributed by atoms with E-state index in [0.717, 1.165) is 33.5 Å². The number of oxime groups is 1. The Kier molecular flexibility index (Phi) is 6.45. The predicted octanol–water partition coefficient (Wildman–Crippen LogP) is 5.57. The fraction of sp³-hybridized carbons (Fsp3) is 0.130. The van der Waals surface area contributed by atoms with Crippen LogP contribution >= 0.6 is 11.6 Å². The van der Waals surface area contributed by atoms with Crippen LogP contribution in [0, 0.1) is 0 Å². The lowest BCUT2D eigenvalue weighted by Gasteiger charge is -2.07. The predicted molar refractivity (Wildman–Crippen MR) is 112 cm³/mol. The van der Waals surface area contributed by atoms with Crippen LogP contribution in [0.4, 0.5) is 0 Å². The molecule has 3 aromatic carbocycles. The minimum atomic E-state index is -0.836. The lowest BCUT2D eigenvalue weighted by molar-refractivity contribution is -0.136. The molecule has 0 atom stereocenters. The first-order chi connectivity index (χ1) is 13.5. The van der Waals surface area contributed by atoms with Gasteiger partial charge in [0.25, 0.3) is 0 Å². The Bertz CT molecular complexity index is 997. The van der Waals surface area contributed by atoms with Gasteiger partial charge in [-0.1, -0.05) is 77.4 Å². The number of carboxylic acid groups (broad SMARTS) is 1. The summed E-state index contributed by atoms with van der Waals surface area (Å²) in [6, 6.07) is 23.0. The molecule has 3 rings (SSSR count). The minimum absolute atomic E-state index is 0.0155. The third kappa shape index (κ3) is 5.44. The highest BCUT2D eigenvalue weighted by molar-refractivity contribution is 6.30. The van der Waals surface area contributed by atoms with Gasteiger partial charge in [0.2, 0.25) is 0 Å². The Balaban J connectivity index is 1.67. The van der Waals surface area contributed by atoms with Crippen LogP contribution in [0.3, 0.4) is 0 Å². The van der Waals surface area contributed by atoms with Crippen LogP contribution < -0.4 is 0 Å². The van der Waals surface area contributed by atoms with Gasteiger partial charge < -0.3 is 9.94 Å². The number of nitrogens with zero attached hydrogens (tertiary/aromatic N) is 1. The van der Waals surface area contributed by atoms with Crippen molar-refractivity contribution < 1.29 is 14.7 Å². The van der Waals surface area contributed by atoms with Crippen LogP contribution in [0.5, 0.6) is 0 Å². The molecule has 4 nitrogen and oxygen atoms in total. The van der Waals surface area contributed by atoms with E-state index in [1.807, 2.05) is 79.7 Å². The van der Waals surface area contributed by atoms with Crippen molar-refractivity contribution in [2.75, 3.05) is 0 Å². The number of hydrogen-bond donors (Lipinski definition) is 1. The maximum Gasteiger partial charge on any atom is 0.307 e. The third-order valence-electron chi connectivity index (χ3n) is 4.24. The molecule has 28 heavy (non-hydrogen) atoms. The normalized spacial score (nSPS) is 11.3. The van der Waals surface area contributed by atoms with E-state index in [4.69, 9.17) is 21.5 Å². The monoisotopic (exact) mass is 393 g/mol. The van der Waals surface area contributed by atoms with E-state index >= 15 is 0 Å². The summed E-state index contributed by atoms with van der Waals surface area (Å²) in [7, 11) is 0. The lowest BCUT2D eigenvalue weighted by atomic mass is 10.00. The summed E-state index contributed by atoms with van der Waals surface area (Å²) in [4.78, 5) is 16.3. The van der Waals surface area contributed by atoms with Gasteiger partial charge in [0.05, 0.1) is 12.1 Å². The molecule has 0 aromatic heterocycles. The van der Waals surface area contributed by atoms with Crippen LogP contribution in [-0.4, -0.2) is 16.8 Å². The van der Waals surface area contributed by atoms with Crippen molar-refractivity contribution in [1.29, 1.82) is 0 Å². The maximum absolute atomic E-state index is 10.9. The molecule has 5 heteroatoms. The first-order valence-electron chi connectivity index (χ1n) is 8.84. The standard InChI is InChI=1S/C23H20ClNO3/c1-16(25-28-15-18-5-3-7-22(24)13-18)19-8-10-20(11-9-19)21-6-2-4-17(12-21)14-23(26)27/h2-13H,14-15H2,1H3,(H,26,27)/b25-16+. The second-order valence-electron chi connectivity index (χ2n) is 6.43. The van der Waals surface area contributed by atoms with Gasteiger partial charge >= 0.3 is 5.97 Å². The fourth-order valence-electron chi connectivity index (χ4n) is 2.82. The number of aliphatic carboxylic acids is 1. The second-order valence-corrected chi connectivity index (χ2v) is 6.86. The first-order valence-corrected chi connectivity index (χ1v) is 9.21. The summed E-state index contributed by atoms with van der Waals surface area (Å²) in [5.41, 5.74) is 5.47. The summed E-state index contributed by atoms with van der Waals surface area (Å²) < 4.78 is 0. The highest BCUT2D eigenvalue weighted by Crippen LogP contribution is 2.22. The van der Waals surface area contributed by atoms with Crippen molar-refractivity contribution in [3.63, 3.8) is 0 Å². The van der Waals surface area contributed by atoms with E-state index in [2.05, 4.69) is 5.16 Å². The average molecular weight is 394 g/mol. The number of benzene rings is 3. The molecule has 0 aliphatic heterocycles. The highest BCUT2D eigenvalue weighted by atomic mass is 35.5. The number of carboxylic acids is 1. The quantitative estimate of drug-likeness (QED) is 0.421. The molecular weight excluding hydrogens is 374 g/mol. The van der Waals surface area contributed by atoms with Crippen LogP contribution in [-0.2, 0) is 22.7 Å². The highest BCUT2D eigenvalue weighted by Gasteiger charge is 2.05. The van der Waals surface area contributed by atoms with Crippen LogP contribution in [0.2, 0.25) is 5.02 Å². The van der Waals surface area contributed by atoms with Crippen molar-refractivity contribution in [3.8, 4) is 11.1 Å². The zero-order chi connectivity index (χ0) is 19.9. The minimum Gasteiger partial charge on any atom is -0.481 e. The zero-order valence-corrected chi connectivity index (χ0v) is 16.2. The van der Waals surface area contributed by atoms with Gasteiger partial charge in [-0.3, -0.25) is 4.79 Å².